The molecule has 1 N–H and O–H groups in total. The lowest BCUT2D eigenvalue weighted by atomic mass is 9.76. The third kappa shape index (κ3) is 8.61. The molecule has 1 aliphatic heterocycles. The van der Waals surface area contributed by atoms with E-state index in [1.165, 1.54) is 0 Å². The van der Waals surface area contributed by atoms with Gasteiger partial charge in [-0.25, -0.2) is 4.98 Å². The molecule has 0 fully saturated rings. The number of aromatic amines is 1. The Morgan fingerprint density at radius 3 is 1.66 bits per heavy atom. The molecule has 4 aromatic rings. The summed E-state index contributed by atoms with van der Waals surface area (Å²) in [5, 5.41) is 2.24. The summed E-state index contributed by atoms with van der Waals surface area (Å²) in [6.07, 6.45) is 4.31. The van der Waals surface area contributed by atoms with Gasteiger partial charge in [-0.05, 0) is 97.5 Å². The Bertz CT molecular complexity index is 1950. The summed E-state index contributed by atoms with van der Waals surface area (Å²) < 4.78 is 11.5. The first kappa shape index (κ1) is 36.8. The summed E-state index contributed by atoms with van der Waals surface area (Å²) in [5.74, 6) is -0.842. The maximum atomic E-state index is 13.2. The lowest BCUT2D eigenvalue weighted by Crippen LogP contribution is -2.39. The van der Waals surface area contributed by atoms with Crippen molar-refractivity contribution in [1.82, 2.24) is 9.97 Å². The van der Waals surface area contributed by atoms with Gasteiger partial charge in [0, 0.05) is 23.9 Å². The van der Waals surface area contributed by atoms with Crippen molar-refractivity contribution in [3.63, 3.8) is 0 Å². The number of aliphatic imine (C=N–C) groups is 1. The van der Waals surface area contributed by atoms with Gasteiger partial charge in [-0.1, -0.05) is 90.1 Å². The van der Waals surface area contributed by atoms with Crippen molar-refractivity contribution in [2.75, 3.05) is 0 Å². The first-order chi connectivity index (χ1) is 23.1. The van der Waals surface area contributed by atoms with Crippen LogP contribution >= 0.6 is 0 Å². The van der Waals surface area contributed by atoms with E-state index in [9.17, 15) is 9.59 Å². The van der Waals surface area contributed by atoms with Crippen LogP contribution in [0.15, 0.2) is 78.1 Å². The van der Waals surface area contributed by atoms with Crippen molar-refractivity contribution in [1.29, 1.82) is 0 Å². The third-order valence-corrected chi connectivity index (χ3v) is 8.72. The maximum Gasteiger partial charge on any atom is 0.317 e. The molecule has 3 aromatic carbocycles. The summed E-state index contributed by atoms with van der Waals surface area (Å²) in [6, 6.07) is 21.4. The highest BCUT2D eigenvalue weighted by Gasteiger charge is 2.40. The van der Waals surface area contributed by atoms with Crippen LogP contribution < -0.4 is 0 Å². The van der Waals surface area contributed by atoms with Crippen LogP contribution in [0.1, 0.15) is 107 Å². The Balaban J connectivity index is 1.31. The zero-order chi connectivity index (χ0) is 36.8. The molecule has 0 saturated heterocycles. The average molecular weight is 676 g/mol. The van der Waals surface area contributed by atoms with Crippen LogP contribution in [0.2, 0.25) is 0 Å². The number of nitrogens with zero attached hydrogens (tertiary/aromatic N) is 2. The fraction of sp³-hybridized carbons (Fsp3) is 0.442. The van der Waals surface area contributed by atoms with E-state index < -0.39 is 23.0 Å². The monoisotopic (exact) mass is 675 g/mol. The molecule has 2 heterocycles. The average Bonchev–Trinajstić information content (AvgIpc) is 3.64. The molecule has 0 saturated carbocycles. The third-order valence-electron chi connectivity index (χ3n) is 8.72. The number of rotatable bonds is 7. The highest BCUT2D eigenvalue weighted by molar-refractivity contribution is 6.09. The Morgan fingerprint density at radius 2 is 1.12 bits per heavy atom. The highest BCUT2D eigenvalue weighted by atomic mass is 16.6. The van der Waals surface area contributed by atoms with E-state index in [4.69, 9.17) is 14.5 Å². The summed E-state index contributed by atoms with van der Waals surface area (Å²) >= 11 is 0. The zero-order valence-corrected chi connectivity index (χ0v) is 31.8. The minimum Gasteiger partial charge on any atom is -0.459 e. The largest absolute Gasteiger partial charge is 0.459 e. The van der Waals surface area contributed by atoms with E-state index in [1.807, 2.05) is 68.5 Å². The van der Waals surface area contributed by atoms with Crippen LogP contribution in [0.25, 0.3) is 38.7 Å². The van der Waals surface area contributed by atoms with E-state index in [0.717, 1.165) is 50.0 Å². The molecule has 2 atom stereocenters. The lowest BCUT2D eigenvalue weighted by Gasteiger charge is -2.32. The van der Waals surface area contributed by atoms with Crippen LogP contribution in [0.5, 0.6) is 0 Å². The first-order valence-corrected chi connectivity index (χ1v) is 17.5. The zero-order valence-electron chi connectivity index (χ0n) is 31.8. The number of benzene rings is 3. The Labute approximate surface area is 297 Å². The lowest BCUT2D eigenvalue weighted by molar-refractivity contribution is -0.161. The summed E-state index contributed by atoms with van der Waals surface area (Å²) in [7, 11) is 0. The Kier molecular flexibility index (Phi) is 9.78. The van der Waals surface area contributed by atoms with Gasteiger partial charge in [0.05, 0.1) is 11.9 Å². The molecule has 5 rings (SSSR count). The van der Waals surface area contributed by atoms with Gasteiger partial charge in [-0.3, -0.25) is 14.6 Å². The predicted octanol–water partition coefficient (Wildman–Crippen LogP) is 10.6. The fourth-order valence-corrected chi connectivity index (χ4v) is 6.49. The van der Waals surface area contributed by atoms with E-state index in [-0.39, 0.29) is 22.8 Å². The number of imidazole rings is 1. The summed E-state index contributed by atoms with van der Waals surface area (Å²) in [5.41, 5.74) is 5.30. The van der Waals surface area contributed by atoms with Crippen LogP contribution in [0.3, 0.4) is 0 Å². The van der Waals surface area contributed by atoms with Gasteiger partial charge in [-0.2, -0.15) is 0 Å². The molecule has 7 heteroatoms. The summed E-state index contributed by atoms with van der Waals surface area (Å²) in [6.45, 7) is 23.6. The van der Waals surface area contributed by atoms with Gasteiger partial charge in [-0.15, -0.1) is 0 Å². The van der Waals surface area contributed by atoms with Gasteiger partial charge in [0.25, 0.3) is 0 Å². The quantitative estimate of drug-likeness (QED) is 0.197. The molecule has 1 aliphatic rings. The molecular formula is C43H53N3O4. The molecule has 264 valence electrons. The number of esters is 2. The van der Waals surface area contributed by atoms with Crippen molar-refractivity contribution in [2.45, 2.75) is 107 Å². The van der Waals surface area contributed by atoms with Crippen LogP contribution in [-0.2, 0) is 19.1 Å². The number of fused-ring (bicyclic) bond motifs is 1. The van der Waals surface area contributed by atoms with Gasteiger partial charge in [0.2, 0.25) is 0 Å². The second-order valence-electron chi connectivity index (χ2n) is 17.7. The van der Waals surface area contributed by atoms with E-state index in [1.54, 1.807) is 6.20 Å². The molecular weight excluding hydrogens is 622 g/mol. The van der Waals surface area contributed by atoms with Crippen LogP contribution in [0, 0.1) is 16.7 Å². The van der Waals surface area contributed by atoms with Crippen molar-refractivity contribution in [2.24, 2.45) is 21.7 Å². The minimum atomic E-state index is -0.581. The van der Waals surface area contributed by atoms with Gasteiger partial charge < -0.3 is 14.5 Å². The molecule has 0 aliphatic carbocycles. The van der Waals surface area contributed by atoms with Gasteiger partial charge in [0.1, 0.15) is 28.9 Å². The number of carbonyl (C=O) groups is 2. The minimum absolute atomic E-state index is 0.223. The Morgan fingerprint density at radius 1 is 0.640 bits per heavy atom. The number of H-pyrrole nitrogens is 1. The first-order valence-electron chi connectivity index (χ1n) is 17.5. The number of hydrogen-bond donors (Lipinski definition) is 1. The van der Waals surface area contributed by atoms with E-state index >= 15 is 0 Å². The SMILES string of the molecule is CC(C)(C)OC(=O)[C@H](C1=NC=C(c2ccc(-c3ccc4cc(-c5cnc([C@@H](C(=O)OC(C)(C)C)C(C)(C)C)[nH]5)ccc4c3)cc2)C1)C(C)(C)C. The number of carbonyl (C=O) groups excluding carboxylic acids is 2. The van der Waals surface area contributed by atoms with Crippen molar-refractivity contribution in [3.8, 4) is 22.4 Å². The molecule has 50 heavy (non-hydrogen) atoms. The molecule has 0 spiro atoms. The standard InChI is InChI=1S/C43H53N3O4/c1-40(2,3)35(38(47)49-42(7,8)9)33-23-32(24-44-33)27-15-13-26(14-16-27)28-17-18-30-22-31(20-19-29(30)21-28)34-25-45-37(46-34)36(41(4,5)6)39(48)50-43(10,11)12/h13-22,24-25,35-36H,23H2,1-12H3,(H,45,46)/t35-,36-/m0/s1. The maximum absolute atomic E-state index is 13.2. The van der Waals surface area contributed by atoms with Crippen molar-refractivity contribution < 1.29 is 19.1 Å². The molecule has 1 aromatic heterocycles. The number of allylic oxidation sites excluding steroid dienone is 1. The highest BCUT2D eigenvalue weighted by Crippen LogP contribution is 2.38. The molecule has 0 amide bonds. The summed E-state index contributed by atoms with van der Waals surface area (Å²) in [4.78, 5) is 39.2. The van der Waals surface area contributed by atoms with Crippen LogP contribution in [0.4, 0.5) is 0 Å². The van der Waals surface area contributed by atoms with E-state index in [2.05, 4.69) is 91.4 Å². The topological polar surface area (TPSA) is 93.6 Å². The normalized spacial score (nSPS) is 15.4. The molecule has 0 unspecified atom stereocenters. The number of ether oxygens (including phenoxy) is 2. The predicted molar refractivity (Wildman–Crippen MR) is 204 cm³/mol. The second-order valence-corrected chi connectivity index (χ2v) is 17.7. The molecule has 7 nitrogen and oxygen atoms in total. The van der Waals surface area contributed by atoms with Crippen molar-refractivity contribution in [3.05, 3.63) is 84.4 Å². The van der Waals surface area contributed by atoms with Crippen LogP contribution in [-0.4, -0.2) is 38.8 Å². The van der Waals surface area contributed by atoms with Gasteiger partial charge >= 0.3 is 11.9 Å². The Hall–Kier alpha value is -4.52. The van der Waals surface area contributed by atoms with Crippen molar-refractivity contribution >= 4 is 34.0 Å². The molecule has 0 bridgehead atoms. The van der Waals surface area contributed by atoms with E-state index in [0.29, 0.717) is 12.2 Å². The van der Waals surface area contributed by atoms with Gasteiger partial charge in [0.15, 0.2) is 0 Å². The molecule has 0 radical (unpaired) electrons. The number of aromatic nitrogens is 2. The number of hydrogen-bond acceptors (Lipinski definition) is 6. The smallest absolute Gasteiger partial charge is 0.317 e. The number of nitrogens with one attached hydrogen (secondary N) is 1. The fourth-order valence-electron chi connectivity index (χ4n) is 6.49. The second kappa shape index (κ2) is 13.3.